The van der Waals surface area contributed by atoms with Crippen LogP contribution >= 0.6 is 11.3 Å². The van der Waals surface area contributed by atoms with E-state index >= 15 is 0 Å². The van der Waals surface area contributed by atoms with Crippen molar-refractivity contribution in [2.45, 2.75) is 32.2 Å². The molecule has 0 aliphatic carbocycles. The Kier molecular flexibility index (Phi) is 4.38. The van der Waals surface area contributed by atoms with Gasteiger partial charge in [0, 0.05) is 11.5 Å². The van der Waals surface area contributed by atoms with E-state index in [-0.39, 0.29) is 17.3 Å². The van der Waals surface area contributed by atoms with Gasteiger partial charge >= 0.3 is 0 Å². The first kappa shape index (κ1) is 14.2. The van der Waals surface area contributed by atoms with Crippen molar-refractivity contribution in [3.05, 3.63) is 58.0 Å². The van der Waals surface area contributed by atoms with E-state index in [9.17, 15) is 4.39 Å². The van der Waals surface area contributed by atoms with Crippen LogP contribution in [0.1, 0.15) is 37.9 Å². The number of thiophene rings is 1. The second-order valence-electron chi connectivity index (χ2n) is 5.28. The summed E-state index contributed by atoms with van der Waals surface area (Å²) in [5, 5.41) is 7.83. The van der Waals surface area contributed by atoms with Gasteiger partial charge in [-0.05, 0) is 46.6 Å². The van der Waals surface area contributed by atoms with Gasteiger partial charge in [-0.2, -0.15) is 11.3 Å². The Bertz CT molecular complexity index is 502. The van der Waals surface area contributed by atoms with Gasteiger partial charge in [-0.25, -0.2) is 4.39 Å². The fourth-order valence-corrected chi connectivity index (χ4v) is 3.17. The molecule has 0 amide bonds. The van der Waals surface area contributed by atoms with Crippen LogP contribution in [0.4, 0.5) is 4.39 Å². The molecule has 1 N–H and O–H groups in total. The smallest absolute Gasteiger partial charge is 0.123 e. The molecule has 2 aromatic rings. The zero-order valence-electron chi connectivity index (χ0n) is 11.6. The Hall–Kier alpha value is -1.19. The predicted octanol–water partition coefficient (Wildman–Crippen LogP) is 4.52. The van der Waals surface area contributed by atoms with Gasteiger partial charge in [-0.15, -0.1) is 0 Å². The molecule has 0 fully saturated rings. The second-order valence-corrected chi connectivity index (χ2v) is 6.06. The minimum atomic E-state index is -0.185. The third kappa shape index (κ3) is 3.04. The standard InChI is InChI=1S/C16H20FNS/c1-4-18-15(12-9-10-19-11-12)16(2,3)13-5-7-14(17)8-6-13/h5-11,15,18H,4H2,1-3H3. The second kappa shape index (κ2) is 5.85. The molecule has 1 atom stereocenters. The zero-order valence-corrected chi connectivity index (χ0v) is 12.4. The molecule has 0 aliphatic rings. The summed E-state index contributed by atoms with van der Waals surface area (Å²) in [6.07, 6.45) is 0. The van der Waals surface area contributed by atoms with Crippen LogP contribution in [0.25, 0.3) is 0 Å². The molecule has 1 nitrogen and oxygen atoms in total. The maximum absolute atomic E-state index is 13.1. The third-order valence-electron chi connectivity index (χ3n) is 3.59. The molecule has 0 radical (unpaired) electrons. The van der Waals surface area contributed by atoms with Crippen LogP contribution in [0.15, 0.2) is 41.1 Å². The molecule has 1 unspecified atom stereocenters. The van der Waals surface area contributed by atoms with Crippen molar-refractivity contribution in [3.63, 3.8) is 0 Å². The Morgan fingerprint density at radius 1 is 1.21 bits per heavy atom. The summed E-state index contributed by atoms with van der Waals surface area (Å²) in [6, 6.07) is 9.22. The average molecular weight is 277 g/mol. The van der Waals surface area contributed by atoms with E-state index in [0.29, 0.717) is 0 Å². The Morgan fingerprint density at radius 2 is 1.89 bits per heavy atom. The molecule has 0 aliphatic heterocycles. The lowest BCUT2D eigenvalue weighted by Gasteiger charge is -2.35. The van der Waals surface area contributed by atoms with E-state index in [4.69, 9.17) is 0 Å². The summed E-state index contributed by atoms with van der Waals surface area (Å²) in [6.45, 7) is 7.42. The summed E-state index contributed by atoms with van der Waals surface area (Å²) in [5.41, 5.74) is 2.34. The normalized spacial score (nSPS) is 13.5. The minimum absolute atomic E-state index is 0.0925. The first-order valence-electron chi connectivity index (χ1n) is 6.57. The van der Waals surface area contributed by atoms with Crippen molar-refractivity contribution in [3.8, 4) is 0 Å². The van der Waals surface area contributed by atoms with Gasteiger partial charge in [0.15, 0.2) is 0 Å². The predicted molar refractivity (Wildman–Crippen MR) is 80.2 cm³/mol. The SMILES string of the molecule is CCNC(c1ccsc1)C(C)(C)c1ccc(F)cc1. The van der Waals surface area contributed by atoms with Crippen molar-refractivity contribution >= 4 is 11.3 Å². The Balaban J connectivity index is 2.36. The van der Waals surface area contributed by atoms with Crippen LogP contribution in [-0.2, 0) is 5.41 Å². The number of likely N-dealkylation sites (N-methyl/N-ethyl adjacent to an activating group) is 1. The molecule has 1 heterocycles. The molecule has 1 aromatic carbocycles. The van der Waals surface area contributed by atoms with Crippen LogP contribution in [0.2, 0.25) is 0 Å². The molecule has 0 spiro atoms. The molecule has 102 valence electrons. The Labute approximate surface area is 118 Å². The van der Waals surface area contributed by atoms with Gasteiger partial charge in [0.1, 0.15) is 5.82 Å². The molecule has 2 rings (SSSR count). The van der Waals surface area contributed by atoms with Crippen molar-refractivity contribution in [1.29, 1.82) is 0 Å². The number of hydrogen-bond acceptors (Lipinski definition) is 2. The highest BCUT2D eigenvalue weighted by Gasteiger charge is 2.32. The molecule has 0 bridgehead atoms. The number of nitrogens with one attached hydrogen (secondary N) is 1. The molecule has 0 saturated carbocycles. The molecular formula is C16H20FNS. The summed E-state index contributed by atoms with van der Waals surface area (Å²) in [5.74, 6) is -0.185. The van der Waals surface area contributed by atoms with Crippen molar-refractivity contribution in [2.75, 3.05) is 6.54 Å². The fraction of sp³-hybridized carbons (Fsp3) is 0.375. The monoisotopic (exact) mass is 277 g/mol. The first-order valence-corrected chi connectivity index (χ1v) is 7.51. The summed E-state index contributed by atoms with van der Waals surface area (Å²) < 4.78 is 13.1. The lowest BCUT2D eigenvalue weighted by atomic mass is 9.75. The minimum Gasteiger partial charge on any atom is -0.309 e. The van der Waals surface area contributed by atoms with E-state index in [0.717, 1.165) is 12.1 Å². The number of halogens is 1. The maximum Gasteiger partial charge on any atom is 0.123 e. The van der Waals surface area contributed by atoms with Crippen LogP contribution in [-0.4, -0.2) is 6.54 Å². The van der Waals surface area contributed by atoms with Crippen molar-refractivity contribution < 1.29 is 4.39 Å². The topological polar surface area (TPSA) is 12.0 Å². The number of benzene rings is 1. The zero-order chi connectivity index (χ0) is 13.9. The van der Waals surface area contributed by atoms with Crippen LogP contribution in [0.3, 0.4) is 0 Å². The fourth-order valence-electron chi connectivity index (χ4n) is 2.48. The van der Waals surface area contributed by atoms with Crippen molar-refractivity contribution in [1.82, 2.24) is 5.32 Å². The van der Waals surface area contributed by atoms with Crippen molar-refractivity contribution in [2.24, 2.45) is 0 Å². The summed E-state index contributed by atoms with van der Waals surface area (Å²) in [4.78, 5) is 0. The van der Waals surface area contributed by atoms with Crippen LogP contribution in [0.5, 0.6) is 0 Å². The maximum atomic E-state index is 13.1. The highest BCUT2D eigenvalue weighted by Crippen LogP contribution is 2.37. The van der Waals surface area contributed by atoms with E-state index in [1.54, 1.807) is 11.3 Å². The highest BCUT2D eigenvalue weighted by molar-refractivity contribution is 7.07. The third-order valence-corrected chi connectivity index (χ3v) is 4.30. The van der Waals surface area contributed by atoms with E-state index in [1.165, 1.54) is 17.7 Å². The van der Waals surface area contributed by atoms with Gasteiger partial charge in [0.05, 0.1) is 0 Å². The average Bonchev–Trinajstić information content (AvgIpc) is 2.89. The van der Waals surface area contributed by atoms with Gasteiger partial charge in [0.25, 0.3) is 0 Å². The first-order chi connectivity index (χ1) is 9.05. The summed E-state index contributed by atoms with van der Waals surface area (Å²) in [7, 11) is 0. The lowest BCUT2D eigenvalue weighted by molar-refractivity contribution is 0.354. The molecule has 0 saturated heterocycles. The largest absolute Gasteiger partial charge is 0.309 e. The van der Waals surface area contributed by atoms with Crippen LogP contribution in [0, 0.1) is 5.82 Å². The van der Waals surface area contributed by atoms with Crippen LogP contribution < -0.4 is 5.32 Å². The lowest BCUT2D eigenvalue weighted by Crippen LogP contribution is -2.37. The van der Waals surface area contributed by atoms with E-state index in [1.807, 2.05) is 12.1 Å². The Morgan fingerprint density at radius 3 is 2.42 bits per heavy atom. The van der Waals surface area contributed by atoms with E-state index < -0.39 is 0 Å². The molecule has 19 heavy (non-hydrogen) atoms. The quantitative estimate of drug-likeness (QED) is 0.847. The molecular weight excluding hydrogens is 257 g/mol. The highest BCUT2D eigenvalue weighted by atomic mass is 32.1. The number of hydrogen-bond donors (Lipinski definition) is 1. The van der Waals surface area contributed by atoms with Gasteiger partial charge in [-0.1, -0.05) is 32.9 Å². The summed E-state index contributed by atoms with van der Waals surface area (Å²) >= 11 is 1.71. The van der Waals surface area contributed by atoms with Gasteiger partial charge < -0.3 is 5.32 Å². The van der Waals surface area contributed by atoms with Gasteiger partial charge in [0.2, 0.25) is 0 Å². The molecule has 3 heteroatoms. The molecule has 1 aromatic heterocycles. The number of rotatable bonds is 5. The van der Waals surface area contributed by atoms with E-state index in [2.05, 4.69) is 42.9 Å². The van der Waals surface area contributed by atoms with Gasteiger partial charge in [-0.3, -0.25) is 0 Å².